The number of ether oxygens (including phenoxy) is 1. The molecule has 0 fully saturated rings. The molecule has 0 saturated carbocycles. The lowest BCUT2D eigenvalue weighted by molar-refractivity contribution is 0.215. The highest BCUT2D eigenvalue weighted by molar-refractivity contribution is 6.30. The molecule has 3 rings (SSSR count). The minimum Gasteiger partial charge on any atom is -0.406 e. The number of nitrogens with zero attached hydrogens (tertiary/aromatic N) is 2. The third kappa shape index (κ3) is 3.52. The van der Waals surface area contributed by atoms with Gasteiger partial charge >= 0.3 is 6.09 Å². The molecule has 0 radical (unpaired) electrons. The van der Waals surface area contributed by atoms with E-state index in [2.05, 4.69) is 10.4 Å². The number of carbonyl (C=O) groups excluding carboxylic acids is 1. The summed E-state index contributed by atoms with van der Waals surface area (Å²) in [5.41, 5.74) is 2.24. The summed E-state index contributed by atoms with van der Waals surface area (Å²) in [6.07, 6.45) is 0.937. The van der Waals surface area contributed by atoms with Crippen molar-refractivity contribution in [3.63, 3.8) is 0 Å². The number of benzene rings is 2. The molecule has 0 aliphatic rings. The van der Waals surface area contributed by atoms with Crippen LogP contribution in [0, 0.1) is 6.92 Å². The number of rotatable bonds is 3. The number of nitrogens with one attached hydrogen (secondary N) is 1. The van der Waals surface area contributed by atoms with E-state index in [0.717, 1.165) is 11.4 Å². The topological polar surface area (TPSA) is 56.1 Å². The van der Waals surface area contributed by atoms with Crippen LogP contribution in [0.15, 0.2) is 60.8 Å². The first-order valence-corrected chi connectivity index (χ1v) is 7.36. The largest absolute Gasteiger partial charge is 0.417 e. The van der Waals surface area contributed by atoms with Crippen LogP contribution in [-0.2, 0) is 0 Å². The van der Waals surface area contributed by atoms with Gasteiger partial charge in [-0.05, 0) is 43.3 Å². The Morgan fingerprint density at radius 2 is 1.83 bits per heavy atom. The maximum atomic E-state index is 12.0. The van der Waals surface area contributed by atoms with E-state index in [1.54, 1.807) is 28.9 Å². The van der Waals surface area contributed by atoms with Crippen LogP contribution >= 0.6 is 11.6 Å². The Labute approximate surface area is 138 Å². The fourth-order valence-electron chi connectivity index (χ4n) is 2.10. The summed E-state index contributed by atoms with van der Waals surface area (Å²) in [6, 6.07) is 16.4. The van der Waals surface area contributed by atoms with Gasteiger partial charge in [-0.2, -0.15) is 5.10 Å². The lowest BCUT2D eigenvalue weighted by Crippen LogP contribution is -2.17. The van der Waals surface area contributed by atoms with Crippen molar-refractivity contribution in [3.8, 4) is 11.4 Å². The molecule has 0 unspecified atom stereocenters. The molecule has 23 heavy (non-hydrogen) atoms. The molecule has 116 valence electrons. The Morgan fingerprint density at radius 3 is 2.52 bits per heavy atom. The number of amides is 1. The third-order valence-corrected chi connectivity index (χ3v) is 3.51. The zero-order valence-corrected chi connectivity index (χ0v) is 13.1. The highest BCUT2D eigenvalue weighted by Crippen LogP contribution is 2.21. The molecule has 1 heterocycles. The Morgan fingerprint density at radius 1 is 1.13 bits per heavy atom. The number of carbonyl (C=O) groups is 1. The zero-order chi connectivity index (χ0) is 16.2. The summed E-state index contributed by atoms with van der Waals surface area (Å²) in [7, 11) is 0. The molecule has 0 saturated heterocycles. The number of anilines is 1. The number of halogens is 1. The minimum atomic E-state index is -0.581. The first-order valence-electron chi connectivity index (χ1n) is 6.98. The van der Waals surface area contributed by atoms with Gasteiger partial charge in [-0.25, -0.2) is 9.48 Å². The summed E-state index contributed by atoms with van der Waals surface area (Å²) in [5, 5.41) is 7.49. The van der Waals surface area contributed by atoms with Gasteiger partial charge in [0.25, 0.3) is 0 Å². The summed E-state index contributed by atoms with van der Waals surface area (Å²) in [4.78, 5) is 12.0. The van der Waals surface area contributed by atoms with Crippen LogP contribution in [0.5, 0.6) is 5.75 Å². The first kappa shape index (κ1) is 15.1. The van der Waals surface area contributed by atoms with Crippen molar-refractivity contribution in [1.29, 1.82) is 0 Å². The van der Waals surface area contributed by atoms with Gasteiger partial charge in [0.1, 0.15) is 0 Å². The standard InChI is InChI=1S/C17H14ClN3O2/c1-12-16(11-19-21(12)15-5-3-2-4-6-15)23-17(22)20-14-9-7-13(18)8-10-14/h2-11H,1H3,(H,20,22). The highest BCUT2D eigenvalue weighted by Gasteiger charge is 2.13. The maximum absolute atomic E-state index is 12.0. The lowest BCUT2D eigenvalue weighted by atomic mass is 10.3. The van der Waals surface area contributed by atoms with Crippen LogP contribution < -0.4 is 10.1 Å². The molecule has 1 amide bonds. The molecule has 2 aromatic carbocycles. The molecule has 0 spiro atoms. The maximum Gasteiger partial charge on any atom is 0.417 e. The molecule has 0 aliphatic carbocycles. The molecule has 5 nitrogen and oxygen atoms in total. The van der Waals surface area contributed by atoms with Crippen LogP contribution in [-0.4, -0.2) is 15.9 Å². The van der Waals surface area contributed by atoms with Crippen LogP contribution in [0.4, 0.5) is 10.5 Å². The van der Waals surface area contributed by atoms with E-state index in [-0.39, 0.29) is 0 Å². The molecule has 0 atom stereocenters. The van der Waals surface area contributed by atoms with Crippen molar-refractivity contribution in [2.24, 2.45) is 0 Å². The minimum absolute atomic E-state index is 0.403. The molecule has 3 aromatic rings. The average Bonchev–Trinajstić information content (AvgIpc) is 2.91. The molecule has 0 bridgehead atoms. The van der Waals surface area contributed by atoms with Crippen LogP contribution in [0.25, 0.3) is 5.69 Å². The van der Waals surface area contributed by atoms with Gasteiger partial charge in [0.2, 0.25) is 0 Å². The van der Waals surface area contributed by atoms with E-state index < -0.39 is 6.09 Å². The second-order valence-corrected chi connectivity index (χ2v) is 5.30. The number of aromatic nitrogens is 2. The van der Waals surface area contributed by atoms with Crippen molar-refractivity contribution < 1.29 is 9.53 Å². The van der Waals surface area contributed by atoms with E-state index in [0.29, 0.717) is 16.5 Å². The molecule has 6 heteroatoms. The van der Waals surface area contributed by atoms with Gasteiger partial charge in [0, 0.05) is 10.7 Å². The van der Waals surface area contributed by atoms with Crippen LogP contribution in [0.3, 0.4) is 0 Å². The summed E-state index contributed by atoms with van der Waals surface area (Å²) in [5.74, 6) is 0.403. The van der Waals surface area contributed by atoms with Gasteiger partial charge in [0.05, 0.1) is 17.6 Å². The lowest BCUT2D eigenvalue weighted by Gasteiger charge is -2.07. The van der Waals surface area contributed by atoms with Gasteiger partial charge in [-0.3, -0.25) is 5.32 Å². The predicted molar refractivity (Wildman–Crippen MR) is 89.4 cm³/mol. The predicted octanol–water partition coefficient (Wildman–Crippen LogP) is 4.45. The average molecular weight is 328 g/mol. The van der Waals surface area contributed by atoms with Crippen LogP contribution in [0.2, 0.25) is 5.02 Å². The van der Waals surface area contributed by atoms with Gasteiger partial charge < -0.3 is 4.74 Å². The van der Waals surface area contributed by atoms with E-state index in [1.165, 1.54) is 6.20 Å². The number of hydrogen-bond acceptors (Lipinski definition) is 3. The van der Waals surface area contributed by atoms with Gasteiger partial charge in [-0.1, -0.05) is 29.8 Å². The van der Waals surface area contributed by atoms with E-state index in [4.69, 9.17) is 16.3 Å². The molecular weight excluding hydrogens is 314 g/mol. The van der Waals surface area contributed by atoms with Crippen LogP contribution in [0.1, 0.15) is 5.69 Å². The zero-order valence-electron chi connectivity index (χ0n) is 12.4. The van der Waals surface area contributed by atoms with E-state index in [9.17, 15) is 4.79 Å². The Hall–Kier alpha value is -2.79. The second-order valence-electron chi connectivity index (χ2n) is 4.86. The van der Waals surface area contributed by atoms with Crippen molar-refractivity contribution in [2.45, 2.75) is 6.92 Å². The molecule has 1 aromatic heterocycles. The van der Waals surface area contributed by atoms with Crippen molar-refractivity contribution >= 4 is 23.4 Å². The Bertz CT molecular complexity index is 814. The normalized spacial score (nSPS) is 10.3. The number of hydrogen-bond donors (Lipinski definition) is 1. The van der Waals surface area contributed by atoms with Crippen molar-refractivity contribution in [2.75, 3.05) is 5.32 Å². The fraction of sp³-hybridized carbons (Fsp3) is 0.0588. The van der Waals surface area contributed by atoms with E-state index in [1.807, 2.05) is 37.3 Å². The summed E-state index contributed by atoms with van der Waals surface area (Å²) >= 11 is 5.80. The van der Waals surface area contributed by atoms with Gasteiger partial charge in [0.15, 0.2) is 5.75 Å². The Balaban J connectivity index is 1.72. The monoisotopic (exact) mass is 327 g/mol. The van der Waals surface area contributed by atoms with Crippen molar-refractivity contribution in [3.05, 3.63) is 71.5 Å². The quantitative estimate of drug-likeness (QED) is 0.773. The van der Waals surface area contributed by atoms with Gasteiger partial charge in [-0.15, -0.1) is 0 Å². The smallest absolute Gasteiger partial charge is 0.406 e. The molecule has 1 N–H and O–H groups in total. The third-order valence-electron chi connectivity index (χ3n) is 3.26. The molecule has 0 aliphatic heterocycles. The summed E-state index contributed by atoms with van der Waals surface area (Å²) < 4.78 is 7.03. The SMILES string of the molecule is Cc1c(OC(=O)Nc2ccc(Cl)cc2)cnn1-c1ccccc1. The van der Waals surface area contributed by atoms with E-state index >= 15 is 0 Å². The summed E-state index contributed by atoms with van der Waals surface area (Å²) in [6.45, 7) is 1.84. The highest BCUT2D eigenvalue weighted by atomic mass is 35.5. The van der Waals surface area contributed by atoms with Crippen molar-refractivity contribution in [1.82, 2.24) is 9.78 Å². The molecular formula is C17H14ClN3O2. The Kier molecular flexibility index (Phi) is 4.30. The number of para-hydroxylation sites is 1. The first-order chi connectivity index (χ1) is 11.1. The second kappa shape index (κ2) is 6.54. The fourth-order valence-corrected chi connectivity index (χ4v) is 2.23.